The van der Waals surface area contributed by atoms with E-state index in [1.807, 2.05) is 0 Å². The van der Waals surface area contributed by atoms with Gasteiger partial charge in [0.2, 0.25) is 5.95 Å². The average Bonchev–Trinajstić information content (AvgIpc) is 2.04. The van der Waals surface area contributed by atoms with E-state index in [4.69, 9.17) is 5.73 Å². The topological polar surface area (TPSA) is 38.9 Å². The second-order valence-corrected chi connectivity index (χ2v) is 2.24. The highest BCUT2D eigenvalue weighted by Gasteiger charge is 2.20. The largest absolute Gasteiger partial charge is 0.319 e. The second-order valence-electron chi connectivity index (χ2n) is 2.24. The van der Waals surface area contributed by atoms with Crippen molar-refractivity contribution in [1.82, 2.24) is 4.98 Å². The first-order valence-electron chi connectivity index (χ1n) is 3.27. The molecule has 0 aliphatic heterocycles. The van der Waals surface area contributed by atoms with Crippen LogP contribution < -0.4 is 5.73 Å². The van der Waals surface area contributed by atoms with Gasteiger partial charge in [0.05, 0.1) is 6.04 Å². The summed E-state index contributed by atoms with van der Waals surface area (Å²) in [4.78, 5) is 3.20. The highest BCUT2D eigenvalue weighted by Crippen LogP contribution is 2.18. The van der Waals surface area contributed by atoms with Gasteiger partial charge in [0.25, 0.3) is 6.43 Å². The predicted octanol–water partition coefficient (Wildman–Crippen LogP) is 1.91. The molecular weight excluding hydrogens is 205 g/mol. The van der Waals surface area contributed by atoms with Crippen molar-refractivity contribution in [2.24, 2.45) is 5.73 Å². The zero-order valence-electron chi connectivity index (χ0n) is 6.45. The Morgan fingerprint density at radius 2 is 2.00 bits per heavy atom. The van der Waals surface area contributed by atoms with Crippen molar-refractivity contribution in [3.05, 3.63) is 29.8 Å². The molecule has 74 valence electrons. The molecule has 0 saturated carbocycles. The number of halogens is 4. The standard InChI is InChI=1S/C7H7F3N2.ClH/c8-6(9)5(11)4-2-1-3-12-7(4)10;/h1-3,5-6H,11H2;1H/t5-;/m1./s1. The van der Waals surface area contributed by atoms with Gasteiger partial charge in [-0.3, -0.25) is 0 Å². The van der Waals surface area contributed by atoms with E-state index < -0.39 is 18.4 Å². The molecule has 0 saturated heterocycles. The summed E-state index contributed by atoms with van der Waals surface area (Å²) in [5.74, 6) is -0.940. The van der Waals surface area contributed by atoms with E-state index in [0.717, 1.165) is 0 Å². The van der Waals surface area contributed by atoms with Crippen molar-refractivity contribution in [3.8, 4) is 0 Å². The lowest BCUT2D eigenvalue weighted by atomic mass is 10.1. The molecule has 6 heteroatoms. The lowest BCUT2D eigenvalue weighted by Crippen LogP contribution is -2.20. The van der Waals surface area contributed by atoms with Gasteiger partial charge in [0, 0.05) is 11.8 Å². The van der Waals surface area contributed by atoms with Crippen molar-refractivity contribution in [2.45, 2.75) is 12.5 Å². The number of nitrogens with two attached hydrogens (primary N) is 1. The number of nitrogens with zero attached hydrogens (tertiary/aromatic N) is 1. The minimum atomic E-state index is -2.77. The summed E-state index contributed by atoms with van der Waals surface area (Å²) in [6.07, 6.45) is -1.60. The molecule has 2 nitrogen and oxygen atoms in total. The van der Waals surface area contributed by atoms with E-state index >= 15 is 0 Å². The van der Waals surface area contributed by atoms with Gasteiger partial charge in [-0.1, -0.05) is 6.07 Å². The fourth-order valence-electron chi connectivity index (χ4n) is 0.783. The smallest absolute Gasteiger partial charge is 0.257 e. The molecule has 0 aliphatic carbocycles. The Hall–Kier alpha value is -0.810. The van der Waals surface area contributed by atoms with E-state index in [1.165, 1.54) is 18.3 Å². The number of rotatable bonds is 2. The van der Waals surface area contributed by atoms with E-state index in [0.29, 0.717) is 0 Å². The van der Waals surface area contributed by atoms with Crippen LogP contribution in [0.5, 0.6) is 0 Å². The van der Waals surface area contributed by atoms with Gasteiger partial charge in [0.1, 0.15) is 0 Å². The maximum absolute atomic E-state index is 12.7. The van der Waals surface area contributed by atoms with Crippen molar-refractivity contribution < 1.29 is 13.2 Å². The molecular formula is C7H8ClF3N2. The molecule has 0 spiro atoms. The van der Waals surface area contributed by atoms with Gasteiger partial charge in [0.15, 0.2) is 0 Å². The summed E-state index contributed by atoms with van der Waals surface area (Å²) in [5, 5.41) is 0. The molecule has 1 aromatic heterocycles. The van der Waals surface area contributed by atoms with Crippen LogP contribution in [0.1, 0.15) is 11.6 Å². The number of hydrogen-bond acceptors (Lipinski definition) is 2. The summed E-state index contributed by atoms with van der Waals surface area (Å²) in [6, 6.07) is 0.957. The number of hydrogen-bond donors (Lipinski definition) is 1. The predicted molar refractivity (Wildman–Crippen MR) is 44.4 cm³/mol. The highest BCUT2D eigenvalue weighted by atomic mass is 35.5. The van der Waals surface area contributed by atoms with Crippen LogP contribution in [0.2, 0.25) is 0 Å². The molecule has 0 radical (unpaired) electrons. The van der Waals surface area contributed by atoms with Crippen LogP contribution in [0.3, 0.4) is 0 Å². The van der Waals surface area contributed by atoms with Crippen LogP contribution in [-0.2, 0) is 0 Å². The normalized spacial score (nSPS) is 12.4. The quantitative estimate of drug-likeness (QED) is 0.761. The summed E-state index contributed by atoms with van der Waals surface area (Å²) in [5.41, 5.74) is 4.75. The minimum Gasteiger partial charge on any atom is -0.319 e. The third kappa shape index (κ3) is 2.86. The SMILES string of the molecule is Cl.N[C@H](c1cccnc1F)C(F)F. The van der Waals surface area contributed by atoms with Gasteiger partial charge in [-0.25, -0.2) is 13.8 Å². The van der Waals surface area contributed by atoms with Crippen LogP contribution in [0.25, 0.3) is 0 Å². The van der Waals surface area contributed by atoms with Crippen molar-refractivity contribution in [2.75, 3.05) is 0 Å². The number of pyridine rings is 1. The summed E-state index contributed by atoms with van der Waals surface area (Å²) in [6.45, 7) is 0. The van der Waals surface area contributed by atoms with E-state index in [-0.39, 0.29) is 18.0 Å². The Balaban J connectivity index is 0.00000144. The first-order valence-corrected chi connectivity index (χ1v) is 3.27. The van der Waals surface area contributed by atoms with Crippen LogP contribution in [0.4, 0.5) is 13.2 Å². The third-order valence-electron chi connectivity index (χ3n) is 1.42. The lowest BCUT2D eigenvalue weighted by Gasteiger charge is -2.09. The van der Waals surface area contributed by atoms with Gasteiger partial charge >= 0.3 is 0 Å². The molecule has 1 heterocycles. The fourth-order valence-corrected chi connectivity index (χ4v) is 0.783. The number of aromatic nitrogens is 1. The molecule has 13 heavy (non-hydrogen) atoms. The molecule has 1 atom stereocenters. The molecule has 0 unspecified atom stereocenters. The Labute approximate surface area is 79.4 Å². The zero-order valence-corrected chi connectivity index (χ0v) is 7.27. The monoisotopic (exact) mass is 212 g/mol. The van der Waals surface area contributed by atoms with Gasteiger partial charge < -0.3 is 5.73 Å². The van der Waals surface area contributed by atoms with Crippen molar-refractivity contribution in [3.63, 3.8) is 0 Å². The average molecular weight is 213 g/mol. The zero-order chi connectivity index (χ0) is 9.14. The molecule has 0 aromatic carbocycles. The van der Waals surface area contributed by atoms with E-state index in [2.05, 4.69) is 4.98 Å². The van der Waals surface area contributed by atoms with Crippen LogP contribution in [-0.4, -0.2) is 11.4 Å². The second kappa shape index (κ2) is 5.04. The van der Waals surface area contributed by atoms with Gasteiger partial charge in [-0.15, -0.1) is 12.4 Å². The van der Waals surface area contributed by atoms with E-state index in [1.54, 1.807) is 0 Å². The first-order chi connectivity index (χ1) is 5.63. The first kappa shape index (κ1) is 12.2. The fraction of sp³-hybridized carbons (Fsp3) is 0.286. The van der Waals surface area contributed by atoms with Crippen LogP contribution in [0.15, 0.2) is 18.3 Å². The Kier molecular flexibility index (Phi) is 4.72. The van der Waals surface area contributed by atoms with Crippen molar-refractivity contribution in [1.29, 1.82) is 0 Å². The molecule has 0 bridgehead atoms. The molecule has 0 fully saturated rings. The Morgan fingerprint density at radius 1 is 1.38 bits per heavy atom. The minimum absolute atomic E-state index is 0. The number of alkyl halides is 2. The Morgan fingerprint density at radius 3 is 2.46 bits per heavy atom. The van der Waals surface area contributed by atoms with Gasteiger partial charge in [-0.2, -0.15) is 4.39 Å². The maximum atomic E-state index is 12.7. The van der Waals surface area contributed by atoms with Crippen molar-refractivity contribution >= 4 is 12.4 Å². The summed E-state index contributed by atoms with van der Waals surface area (Å²) >= 11 is 0. The van der Waals surface area contributed by atoms with E-state index in [9.17, 15) is 13.2 Å². The highest BCUT2D eigenvalue weighted by molar-refractivity contribution is 5.85. The third-order valence-corrected chi connectivity index (χ3v) is 1.42. The summed E-state index contributed by atoms with van der Waals surface area (Å²) in [7, 11) is 0. The Bertz CT molecular complexity index is 270. The van der Waals surface area contributed by atoms with Crippen LogP contribution in [0, 0.1) is 5.95 Å². The molecule has 1 aromatic rings. The van der Waals surface area contributed by atoms with Gasteiger partial charge in [-0.05, 0) is 6.07 Å². The lowest BCUT2D eigenvalue weighted by molar-refractivity contribution is 0.114. The maximum Gasteiger partial charge on any atom is 0.257 e. The molecule has 0 aliphatic rings. The summed E-state index contributed by atoms with van der Waals surface area (Å²) < 4.78 is 36.6. The molecule has 2 N–H and O–H groups in total. The molecule has 1 rings (SSSR count). The van der Waals surface area contributed by atoms with Crippen LogP contribution >= 0.6 is 12.4 Å². The molecule has 0 amide bonds.